The van der Waals surface area contributed by atoms with Crippen LogP contribution in [-0.2, 0) is 14.3 Å². The zero-order chi connectivity index (χ0) is 22.7. The van der Waals surface area contributed by atoms with Crippen molar-refractivity contribution in [3.63, 3.8) is 0 Å². The monoisotopic (exact) mass is 437 g/mol. The number of Topliss-reactive ketones (excluding diaryl/α,β-unsaturated/α-hetero) is 1. The maximum absolute atomic E-state index is 13.2. The van der Waals surface area contributed by atoms with E-state index in [4.69, 9.17) is 14.2 Å². The fourth-order valence-corrected chi connectivity index (χ4v) is 4.35. The number of hydrogen-bond acceptors (Lipinski definition) is 6. The Morgan fingerprint density at radius 3 is 2.72 bits per heavy atom. The first-order chi connectivity index (χ1) is 15.5. The van der Waals surface area contributed by atoms with Gasteiger partial charge in [-0.2, -0.15) is 0 Å². The fraction of sp³-hybridized carbons (Fsp3) is 0.360. The molecule has 0 spiro atoms. The Morgan fingerprint density at radius 2 is 2.00 bits per heavy atom. The maximum atomic E-state index is 13.2. The molecule has 1 amide bonds. The number of aliphatic hydroxyl groups is 1. The van der Waals surface area contributed by atoms with Gasteiger partial charge in [0.25, 0.3) is 11.7 Å². The van der Waals surface area contributed by atoms with E-state index in [1.54, 1.807) is 30.3 Å². The van der Waals surface area contributed by atoms with Gasteiger partial charge in [-0.15, -0.1) is 0 Å². The summed E-state index contributed by atoms with van der Waals surface area (Å²) in [4.78, 5) is 27.8. The topological polar surface area (TPSA) is 85.3 Å². The molecule has 0 radical (unpaired) electrons. The number of para-hydroxylation sites is 1. The molecule has 2 heterocycles. The van der Waals surface area contributed by atoms with Crippen LogP contribution in [0.5, 0.6) is 11.5 Å². The second-order valence-electron chi connectivity index (χ2n) is 7.79. The molecule has 2 aliphatic rings. The molecular formula is C25H27NO6. The second-order valence-corrected chi connectivity index (χ2v) is 7.79. The Hall–Kier alpha value is -3.32. The quantitative estimate of drug-likeness (QED) is 0.404. The summed E-state index contributed by atoms with van der Waals surface area (Å²) in [6, 6.07) is 13.4. The van der Waals surface area contributed by atoms with Gasteiger partial charge >= 0.3 is 0 Å². The van der Waals surface area contributed by atoms with Crippen LogP contribution in [-0.4, -0.2) is 54.7 Å². The van der Waals surface area contributed by atoms with Gasteiger partial charge < -0.3 is 24.2 Å². The predicted octanol–water partition coefficient (Wildman–Crippen LogP) is 3.69. The Labute approximate surface area is 187 Å². The molecule has 0 aromatic heterocycles. The summed E-state index contributed by atoms with van der Waals surface area (Å²) < 4.78 is 16.7. The molecule has 2 fully saturated rings. The molecule has 32 heavy (non-hydrogen) atoms. The molecule has 168 valence electrons. The summed E-state index contributed by atoms with van der Waals surface area (Å²) in [6.45, 7) is 3.29. The van der Waals surface area contributed by atoms with Gasteiger partial charge in [0.05, 0.1) is 37.0 Å². The summed E-state index contributed by atoms with van der Waals surface area (Å²) in [5, 5.41) is 11.2. The largest absolute Gasteiger partial charge is 0.507 e. The van der Waals surface area contributed by atoms with Gasteiger partial charge in [0.1, 0.15) is 17.3 Å². The molecule has 2 atom stereocenters. The molecule has 2 saturated heterocycles. The van der Waals surface area contributed by atoms with E-state index in [1.807, 2.05) is 25.1 Å². The van der Waals surface area contributed by atoms with E-state index in [2.05, 4.69) is 0 Å². The Morgan fingerprint density at radius 1 is 1.19 bits per heavy atom. The van der Waals surface area contributed by atoms with E-state index in [0.29, 0.717) is 35.8 Å². The van der Waals surface area contributed by atoms with Gasteiger partial charge in [-0.05, 0) is 49.6 Å². The zero-order valence-electron chi connectivity index (χ0n) is 18.2. The molecule has 0 aliphatic carbocycles. The average Bonchev–Trinajstić information content (AvgIpc) is 3.41. The van der Waals surface area contributed by atoms with Crippen LogP contribution in [0.4, 0.5) is 0 Å². The van der Waals surface area contributed by atoms with Crippen LogP contribution in [0.25, 0.3) is 5.76 Å². The maximum Gasteiger partial charge on any atom is 0.295 e. The van der Waals surface area contributed by atoms with Gasteiger partial charge in [0.2, 0.25) is 0 Å². The first-order valence-corrected chi connectivity index (χ1v) is 10.8. The smallest absolute Gasteiger partial charge is 0.295 e. The van der Waals surface area contributed by atoms with Crippen LogP contribution in [0.15, 0.2) is 54.1 Å². The molecule has 0 saturated carbocycles. The number of nitrogens with zero attached hydrogens (tertiary/aromatic N) is 1. The van der Waals surface area contributed by atoms with E-state index < -0.39 is 17.7 Å². The van der Waals surface area contributed by atoms with E-state index in [0.717, 1.165) is 12.8 Å². The van der Waals surface area contributed by atoms with Crippen molar-refractivity contribution in [1.82, 2.24) is 4.90 Å². The third-order valence-corrected chi connectivity index (χ3v) is 5.81. The van der Waals surface area contributed by atoms with Crippen LogP contribution < -0.4 is 9.47 Å². The van der Waals surface area contributed by atoms with Crippen molar-refractivity contribution in [2.24, 2.45) is 0 Å². The van der Waals surface area contributed by atoms with Crippen molar-refractivity contribution in [2.75, 3.05) is 26.9 Å². The summed E-state index contributed by atoms with van der Waals surface area (Å²) in [7, 11) is 1.49. The number of ether oxygens (including phenoxy) is 3. The lowest BCUT2D eigenvalue weighted by molar-refractivity contribution is -0.140. The first kappa shape index (κ1) is 21.9. The standard InChI is InChI=1S/C25H27NO6/c1-3-31-17-9-6-8-16(14-17)22-21(23(27)19-11-4-5-12-20(19)30-2)24(28)25(29)26(22)15-18-10-7-13-32-18/h4-6,8-9,11-12,14,18,22,27H,3,7,10,13,15H2,1-2H3/b23-21-. The van der Waals surface area contributed by atoms with Gasteiger partial charge in [0, 0.05) is 13.2 Å². The van der Waals surface area contributed by atoms with Crippen LogP contribution in [0.2, 0.25) is 0 Å². The first-order valence-electron chi connectivity index (χ1n) is 10.8. The third kappa shape index (κ3) is 4.08. The van der Waals surface area contributed by atoms with E-state index in [1.165, 1.54) is 12.0 Å². The Kier molecular flexibility index (Phi) is 6.46. The summed E-state index contributed by atoms with van der Waals surface area (Å²) in [5.41, 5.74) is 1.08. The molecular weight excluding hydrogens is 410 g/mol. The van der Waals surface area contributed by atoms with Crippen LogP contribution in [0, 0.1) is 0 Å². The zero-order valence-corrected chi connectivity index (χ0v) is 18.2. The highest BCUT2D eigenvalue weighted by atomic mass is 16.5. The number of carbonyl (C=O) groups excluding carboxylic acids is 2. The minimum absolute atomic E-state index is 0.0335. The minimum atomic E-state index is -0.760. The number of methoxy groups -OCH3 is 1. The molecule has 2 aromatic rings. The average molecular weight is 437 g/mol. The highest BCUT2D eigenvalue weighted by Gasteiger charge is 2.47. The Bertz CT molecular complexity index is 1040. The molecule has 1 N–H and O–H groups in total. The number of hydrogen-bond donors (Lipinski definition) is 1. The molecule has 4 rings (SSSR count). The van der Waals surface area contributed by atoms with Crippen molar-refractivity contribution >= 4 is 17.4 Å². The molecule has 0 bridgehead atoms. The predicted molar refractivity (Wildman–Crippen MR) is 119 cm³/mol. The second kappa shape index (κ2) is 9.44. The lowest BCUT2D eigenvalue weighted by Crippen LogP contribution is -2.36. The van der Waals surface area contributed by atoms with Gasteiger partial charge in [-0.25, -0.2) is 0 Å². The highest BCUT2D eigenvalue weighted by molar-refractivity contribution is 6.46. The number of ketones is 1. The lowest BCUT2D eigenvalue weighted by atomic mass is 9.94. The molecule has 7 nitrogen and oxygen atoms in total. The summed E-state index contributed by atoms with van der Waals surface area (Å²) in [5.74, 6) is -0.591. The highest BCUT2D eigenvalue weighted by Crippen LogP contribution is 2.42. The number of benzene rings is 2. The summed E-state index contributed by atoms with van der Waals surface area (Å²) >= 11 is 0. The lowest BCUT2D eigenvalue weighted by Gasteiger charge is -2.27. The normalized spacial score (nSPS) is 22.4. The van der Waals surface area contributed by atoms with Gasteiger partial charge in [-0.1, -0.05) is 24.3 Å². The molecule has 2 aromatic carbocycles. The SMILES string of the molecule is CCOc1cccc(C2/C(=C(/O)c3ccccc3OC)C(=O)C(=O)N2CC2CCCO2)c1. The fourth-order valence-electron chi connectivity index (χ4n) is 4.35. The Balaban J connectivity index is 1.85. The van der Waals surface area contributed by atoms with Crippen LogP contribution >= 0.6 is 0 Å². The van der Waals surface area contributed by atoms with Crippen LogP contribution in [0.1, 0.15) is 36.9 Å². The van der Waals surface area contributed by atoms with Crippen molar-refractivity contribution < 1.29 is 28.9 Å². The number of carbonyl (C=O) groups is 2. The molecule has 2 aliphatic heterocycles. The van der Waals surface area contributed by atoms with Gasteiger partial charge in [-0.3, -0.25) is 9.59 Å². The van der Waals surface area contributed by atoms with E-state index in [9.17, 15) is 14.7 Å². The van der Waals surface area contributed by atoms with E-state index >= 15 is 0 Å². The van der Waals surface area contributed by atoms with E-state index in [-0.39, 0.29) is 24.0 Å². The van der Waals surface area contributed by atoms with Gasteiger partial charge in [0.15, 0.2) is 0 Å². The van der Waals surface area contributed by atoms with Crippen molar-refractivity contribution in [1.29, 1.82) is 0 Å². The van der Waals surface area contributed by atoms with Crippen molar-refractivity contribution in [3.8, 4) is 11.5 Å². The van der Waals surface area contributed by atoms with Crippen molar-refractivity contribution in [3.05, 3.63) is 65.2 Å². The van der Waals surface area contributed by atoms with Crippen LogP contribution in [0.3, 0.4) is 0 Å². The number of amides is 1. The number of aliphatic hydroxyl groups excluding tert-OH is 1. The third-order valence-electron chi connectivity index (χ3n) is 5.81. The number of rotatable bonds is 7. The molecule has 7 heteroatoms. The summed E-state index contributed by atoms with van der Waals surface area (Å²) in [6.07, 6.45) is 1.60. The minimum Gasteiger partial charge on any atom is -0.507 e. The van der Waals surface area contributed by atoms with Crippen molar-refractivity contribution in [2.45, 2.75) is 31.9 Å². The molecule has 2 unspecified atom stereocenters. The number of likely N-dealkylation sites (tertiary alicyclic amines) is 1.